The van der Waals surface area contributed by atoms with Crippen molar-refractivity contribution in [3.05, 3.63) is 24.3 Å². The summed E-state index contributed by atoms with van der Waals surface area (Å²) in [5, 5.41) is 14.1. The van der Waals surface area contributed by atoms with Gasteiger partial charge in [-0.1, -0.05) is 17.3 Å². The van der Waals surface area contributed by atoms with E-state index in [9.17, 15) is 4.79 Å². The minimum atomic E-state index is -0.671. The minimum absolute atomic E-state index is 0.107. The number of nitrogens with one attached hydrogen (secondary N) is 1. The van der Waals surface area contributed by atoms with Crippen molar-refractivity contribution in [1.29, 1.82) is 0 Å². The van der Waals surface area contributed by atoms with Crippen LogP contribution in [-0.4, -0.2) is 23.2 Å². The SMILES string of the molecule is CSc1ccccc1NC(=O)C(C)/C(N)=N/O. The van der Waals surface area contributed by atoms with Crippen molar-refractivity contribution < 1.29 is 10.0 Å². The van der Waals surface area contributed by atoms with Gasteiger partial charge in [0.25, 0.3) is 0 Å². The molecule has 0 fully saturated rings. The molecule has 1 atom stereocenters. The van der Waals surface area contributed by atoms with Crippen molar-refractivity contribution in [1.82, 2.24) is 0 Å². The lowest BCUT2D eigenvalue weighted by atomic mass is 10.1. The third kappa shape index (κ3) is 3.39. The van der Waals surface area contributed by atoms with E-state index in [4.69, 9.17) is 10.9 Å². The van der Waals surface area contributed by atoms with Gasteiger partial charge in [0.15, 0.2) is 5.84 Å². The summed E-state index contributed by atoms with van der Waals surface area (Å²) < 4.78 is 0. The van der Waals surface area contributed by atoms with E-state index in [0.717, 1.165) is 10.6 Å². The van der Waals surface area contributed by atoms with Crippen LogP contribution in [0.4, 0.5) is 5.69 Å². The Bertz CT molecular complexity index is 434. The van der Waals surface area contributed by atoms with Gasteiger partial charge in [-0.15, -0.1) is 11.8 Å². The highest BCUT2D eigenvalue weighted by atomic mass is 32.2. The highest BCUT2D eigenvalue weighted by Crippen LogP contribution is 2.24. The van der Waals surface area contributed by atoms with E-state index in [0.29, 0.717) is 0 Å². The van der Waals surface area contributed by atoms with E-state index in [1.54, 1.807) is 6.92 Å². The Hall–Kier alpha value is -1.69. The van der Waals surface area contributed by atoms with E-state index in [-0.39, 0.29) is 11.7 Å². The molecule has 0 saturated heterocycles. The summed E-state index contributed by atoms with van der Waals surface area (Å²) in [6.45, 7) is 1.58. The molecule has 0 spiro atoms. The second-order valence-electron chi connectivity index (χ2n) is 3.44. The van der Waals surface area contributed by atoms with Crippen molar-refractivity contribution in [3.8, 4) is 0 Å². The molecular formula is C11H15N3O2S. The van der Waals surface area contributed by atoms with Crippen molar-refractivity contribution in [2.24, 2.45) is 16.8 Å². The lowest BCUT2D eigenvalue weighted by molar-refractivity contribution is -0.117. The molecule has 0 heterocycles. The maximum atomic E-state index is 11.8. The van der Waals surface area contributed by atoms with Crippen LogP contribution >= 0.6 is 11.8 Å². The maximum absolute atomic E-state index is 11.8. The number of amides is 1. The van der Waals surface area contributed by atoms with E-state index >= 15 is 0 Å². The van der Waals surface area contributed by atoms with Crippen LogP contribution in [0.15, 0.2) is 34.3 Å². The molecule has 1 amide bonds. The van der Waals surface area contributed by atoms with Crippen molar-refractivity contribution in [3.63, 3.8) is 0 Å². The minimum Gasteiger partial charge on any atom is -0.409 e. The number of rotatable bonds is 4. The molecule has 6 heteroatoms. The molecule has 1 rings (SSSR count). The monoisotopic (exact) mass is 253 g/mol. The topological polar surface area (TPSA) is 87.7 Å². The normalized spacial score (nSPS) is 13.2. The fraction of sp³-hybridized carbons (Fsp3) is 0.273. The molecular weight excluding hydrogens is 238 g/mol. The summed E-state index contributed by atoms with van der Waals surface area (Å²) in [7, 11) is 0. The average molecular weight is 253 g/mol. The predicted octanol–water partition coefficient (Wildman–Crippen LogP) is 1.73. The van der Waals surface area contributed by atoms with Gasteiger partial charge in [0.1, 0.15) is 0 Å². The van der Waals surface area contributed by atoms with Crippen molar-refractivity contribution >= 4 is 29.2 Å². The number of amidine groups is 1. The first-order chi connectivity index (χ1) is 8.10. The number of thioether (sulfide) groups is 1. The second kappa shape index (κ2) is 6.15. The summed E-state index contributed by atoms with van der Waals surface area (Å²) in [6, 6.07) is 7.45. The lowest BCUT2D eigenvalue weighted by Gasteiger charge is -2.12. The Labute approximate surface area is 104 Å². The summed E-state index contributed by atoms with van der Waals surface area (Å²) in [6.07, 6.45) is 1.93. The standard InChI is InChI=1S/C11H15N3O2S/c1-7(10(12)14-16)11(15)13-8-5-3-4-6-9(8)17-2/h3-7,16H,1-2H3,(H2,12,14)(H,13,15). The number of para-hydroxylation sites is 1. The number of carbonyl (C=O) groups excluding carboxylic acids is 1. The lowest BCUT2D eigenvalue weighted by Crippen LogP contribution is -2.32. The van der Waals surface area contributed by atoms with Crippen LogP contribution in [0.2, 0.25) is 0 Å². The quantitative estimate of drug-likeness (QED) is 0.251. The van der Waals surface area contributed by atoms with E-state index in [2.05, 4.69) is 10.5 Å². The van der Waals surface area contributed by atoms with Crippen LogP contribution < -0.4 is 11.1 Å². The van der Waals surface area contributed by atoms with Gasteiger partial charge in [-0.2, -0.15) is 0 Å². The zero-order valence-electron chi connectivity index (χ0n) is 9.68. The molecule has 4 N–H and O–H groups in total. The molecule has 17 heavy (non-hydrogen) atoms. The van der Waals surface area contributed by atoms with Crippen LogP contribution in [0.1, 0.15) is 6.92 Å². The molecule has 92 valence electrons. The first-order valence-electron chi connectivity index (χ1n) is 5.01. The van der Waals surface area contributed by atoms with Crippen LogP contribution in [0.3, 0.4) is 0 Å². The summed E-state index contributed by atoms with van der Waals surface area (Å²) in [5.74, 6) is -1.08. The zero-order valence-corrected chi connectivity index (χ0v) is 10.5. The Morgan fingerprint density at radius 3 is 2.76 bits per heavy atom. The van der Waals surface area contributed by atoms with Crippen molar-refractivity contribution in [2.75, 3.05) is 11.6 Å². The number of nitrogens with zero attached hydrogens (tertiary/aromatic N) is 1. The number of benzene rings is 1. The van der Waals surface area contributed by atoms with Gasteiger partial charge in [0.05, 0.1) is 11.6 Å². The summed E-state index contributed by atoms with van der Waals surface area (Å²) in [4.78, 5) is 12.8. The molecule has 5 nitrogen and oxygen atoms in total. The van der Waals surface area contributed by atoms with Gasteiger partial charge in [0, 0.05) is 4.90 Å². The molecule has 0 aliphatic heterocycles. The molecule has 0 aliphatic rings. The van der Waals surface area contributed by atoms with E-state index in [1.165, 1.54) is 11.8 Å². The number of carbonyl (C=O) groups is 1. The Morgan fingerprint density at radius 2 is 2.18 bits per heavy atom. The van der Waals surface area contributed by atoms with E-state index < -0.39 is 5.92 Å². The third-order valence-corrected chi connectivity index (χ3v) is 3.11. The fourth-order valence-electron chi connectivity index (χ4n) is 1.21. The Balaban J connectivity index is 2.81. The van der Waals surface area contributed by atoms with Gasteiger partial charge in [0.2, 0.25) is 5.91 Å². The number of hydrogen-bond acceptors (Lipinski definition) is 4. The summed E-state index contributed by atoms with van der Waals surface area (Å²) in [5.41, 5.74) is 6.10. The van der Waals surface area contributed by atoms with Crippen LogP contribution in [0, 0.1) is 5.92 Å². The first-order valence-corrected chi connectivity index (χ1v) is 6.24. The number of hydrogen-bond donors (Lipinski definition) is 3. The molecule has 1 unspecified atom stereocenters. The smallest absolute Gasteiger partial charge is 0.234 e. The first kappa shape index (κ1) is 13.4. The predicted molar refractivity (Wildman–Crippen MR) is 69.4 cm³/mol. The molecule has 1 aromatic rings. The zero-order chi connectivity index (χ0) is 12.8. The average Bonchev–Trinajstić information content (AvgIpc) is 2.37. The van der Waals surface area contributed by atoms with Gasteiger partial charge < -0.3 is 16.3 Å². The molecule has 0 radical (unpaired) electrons. The number of oxime groups is 1. The van der Waals surface area contributed by atoms with Crippen LogP contribution in [0.5, 0.6) is 0 Å². The largest absolute Gasteiger partial charge is 0.409 e. The maximum Gasteiger partial charge on any atom is 0.234 e. The van der Waals surface area contributed by atoms with Crippen LogP contribution in [-0.2, 0) is 4.79 Å². The number of nitrogens with two attached hydrogens (primary N) is 1. The van der Waals surface area contributed by atoms with Gasteiger partial charge in [-0.3, -0.25) is 4.79 Å². The van der Waals surface area contributed by atoms with Crippen LogP contribution in [0.25, 0.3) is 0 Å². The highest BCUT2D eigenvalue weighted by Gasteiger charge is 2.18. The molecule has 0 aliphatic carbocycles. The fourth-order valence-corrected chi connectivity index (χ4v) is 1.76. The molecule has 1 aromatic carbocycles. The summed E-state index contributed by atoms with van der Waals surface area (Å²) >= 11 is 1.54. The van der Waals surface area contributed by atoms with Gasteiger partial charge >= 0.3 is 0 Å². The molecule has 0 saturated carbocycles. The third-order valence-electron chi connectivity index (χ3n) is 2.32. The second-order valence-corrected chi connectivity index (χ2v) is 4.28. The van der Waals surface area contributed by atoms with Gasteiger partial charge in [-0.25, -0.2) is 0 Å². The van der Waals surface area contributed by atoms with Crippen molar-refractivity contribution in [2.45, 2.75) is 11.8 Å². The van der Waals surface area contributed by atoms with E-state index in [1.807, 2.05) is 30.5 Å². The Morgan fingerprint density at radius 1 is 1.53 bits per heavy atom. The highest BCUT2D eigenvalue weighted by molar-refractivity contribution is 7.98. The Kier molecular flexibility index (Phi) is 4.84. The molecule has 0 aromatic heterocycles. The number of anilines is 1. The van der Waals surface area contributed by atoms with Gasteiger partial charge in [-0.05, 0) is 25.3 Å². The molecule has 0 bridgehead atoms.